The van der Waals surface area contributed by atoms with Gasteiger partial charge in [0.25, 0.3) is 0 Å². The Bertz CT molecular complexity index is 338. The van der Waals surface area contributed by atoms with E-state index in [0.29, 0.717) is 12.5 Å². The van der Waals surface area contributed by atoms with Crippen molar-refractivity contribution in [3.05, 3.63) is 0 Å². The molecule has 1 amide bonds. The first-order valence-electron chi connectivity index (χ1n) is 12.5. The first-order chi connectivity index (χ1) is 13.8. The van der Waals surface area contributed by atoms with Gasteiger partial charge in [0.05, 0.1) is 6.54 Å². The summed E-state index contributed by atoms with van der Waals surface area (Å²) >= 11 is 0. The molecule has 0 spiro atoms. The number of rotatable bonds is 18. The van der Waals surface area contributed by atoms with E-state index < -0.39 is 0 Å². The summed E-state index contributed by atoms with van der Waals surface area (Å²) in [6.07, 6.45) is 18.8. The van der Waals surface area contributed by atoms with Crippen LogP contribution in [0.25, 0.3) is 0 Å². The van der Waals surface area contributed by atoms with Crippen LogP contribution in [0.3, 0.4) is 0 Å². The van der Waals surface area contributed by atoms with Gasteiger partial charge in [0.1, 0.15) is 0 Å². The molecule has 1 saturated heterocycles. The topological polar surface area (TPSA) is 35.6 Å². The Morgan fingerprint density at radius 1 is 0.714 bits per heavy atom. The molecule has 28 heavy (non-hydrogen) atoms. The van der Waals surface area contributed by atoms with Crippen molar-refractivity contribution in [3.8, 4) is 0 Å². The third-order valence-electron chi connectivity index (χ3n) is 5.98. The molecule has 1 N–H and O–H groups in total. The molecule has 0 aromatic heterocycles. The summed E-state index contributed by atoms with van der Waals surface area (Å²) in [5, 5.41) is 3.34. The quantitative estimate of drug-likeness (QED) is 0.323. The summed E-state index contributed by atoms with van der Waals surface area (Å²) < 4.78 is 0. The van der Waals surface area contributed by atoms with Crippen LogP contribution in [-0.2, 0) is 4.79 Å². The van der Waals surface area contributed by atoms with Gasteiger partial charge in [0.15, 0.2) is 0 Å². The lowest BCUT2D eigenvalue weighted by atomic mass is 10.1. The Hall–Kier alpha value is -0.610. The molecule has 0 bridgehead atoms. The van der Waals surface area contributed by atoms with E-state index in [9.17, 15) is 4.79 Å². The van der Waals surface area contributed by atoms with Gasteiger partial charge < -0.3 is 10.2 Å². The minimum absolute atomic E-state index is 0.340. The average molecular weight is 396 g/mol. The maximum absolute atomic E-state index is 12.7. The predicted molar refractivity (Wildman–Crippen MR) is 122 cm³/mol. The molecular formula is C24H49N3O. The average Bonchev–Trinajstić information content (AvgIpc) is 2.72. The Balaban J connectivity index is 2.24. The van der Waals surface area contributed by atoms with Crippen molar-refractivity contribution in [2.24, 2.45) is 0 Å². The van der Waals surface area contributed by atoms with E-state index in [2.05, 4.69) is 29.0 Å². The number of piperazine rings is 1. The van der Waals surface area contributed by atoms with E-state index in [4.69, 9.17) is 0 Å². The predicted octanol–water partition coefficient (Wildman–Crippen LogP) is 5.22. The molecule has 0 saturated carbocycles. The maximum Gasteiger partial charge on any atom is 0.236 e. The third kappa shape index (κ3) is 13.5. The highest BCUT2D eigenvalue weighted by atomic mass is 16.2. The number of nitrogens with one attached hydrogen (secondary N) is 1. The second kappa shape index (κ2) is 18.4. The lowest BCUT2D eigenvalue weighted by Gasteiger charge is -2.30. The molecule has 0 radical (unpaired) electrons. The molecule has 1 heterocycles. The third-order valence-corrected chi connectivity index (χ3v) is 5.98. The Morgan fingerprint density at radius 3 is 1.61 bits per heavy atom. The van der Waals surface area contributed by atoms with Crippen molar-refractivity contribution in [2.75, 3.05) is 45.8 Å². The summed E-state index contributed by atoms with van der Waals surface area (Å²) in [5.74, 6) is 0.340. The van der Waals surface area contributed by atoms with E-state index in [-0.39, 0.29) is 0 Å². The van der Waals surface area contributed by atoms with Crippen LogP contribution in [0, 0.1) is 0 Å². The number of hydrogen-bond acceptors (Lipinski definition) is 3. The normalized spacial score (nSPS) is 14.8. The van der Waals surface area contributed by atoms with Crippen LogP contribution in [-0.4, -0.2) is 61.5 Å². The molecule has 1 aliphatic heterocycles. The van der Waals surface area contributed by atoms with Crippen LogP contribution in [0.5, 0.6) is 0 Å². The van der Waals surface area contributed by atoms with Gasteiger partial charge in [0, 0.05) is 26.2 Å². The van der Waals surface area contributed by atoms with E-state index in [0.717, 1.165) is 39.3 Å². The van der Waals surface area contributed by atoms with E-state index in [1.54, 1.807) is 0 Å². The smallest absolute Gasteiger partial charge is 0.236 e. The molecule has 4 nitrogen and oxygen atoms in total. The van der Waals surface area contributed by atoms with E-state index in [1.807, 2.05) is 0 Å². The number of amides is 1. The van der Waals surface area contributed by atoms with Crippen LogP contribution in [0.1, 0.15) is 104 Å². The van der Waals surface area contributed by atoms with Crippen molar-refractivity contribution in [1.29, 1.82) is 0 Å². The zero-order chi connectivity index (χ0) is 20.3. The fraction of sp³-hybridized carbons (Fsp3) is 0.958. The molecule has 0 atom stereocenters. The van der Waals surface area contributed by atoms with Crippen LogP contribution in [0.2, 0.25) is 0 Å². The van der Waals surface area contributed by atoms with Crippen molar-refractivity contribution in [3.63, 3.8) is 0 Å². The fourth-order valence-corrected chi connectivity index (χ4v) is 4.06. The van der Waals surface area contributed by atoms with Crippen LogP contribution in [0.4, 0.5) is 0 Å². The Kier molecular flexibility index (Phi) is 16.7. The van der Waals surface area contributed by atoms with Gasteiger partial charge in [0.2, 0.25) is 5.91 Å². The maximum atomic E-state index is 12.7. The first kappa shape index (κ1) is 25.4. The largest absolute Gasteiger partial charge is 0.339 e. The summed E-state index contributed by atoms with van der Waals surface area (Å²) in [6.45, 7) is 11.0. The number of nitrogens with zero attached hydrogens (tertiary/aromatic N) is 2. The molecule has 0 unspecified atom stereocenters. The highest BCUT2D eigenvalue weighted by Gasteiger charge is 2.18. The fourth-order valence-electron chi connectivity index (χ4n) is 4.06. The minimum Gasteiger partial charge on any atom is -0.339 e. The Morgan fingerprint density at radius 2 is 1.14 bits per heavy atom. The Labute approximate surface area is 175 Å². The van der Waals surface area contributed by atoms with Gasteiger partial charge in [-0.25, -0.2) is 0 Å². The van der Waals surface area contributed by atoms with Gasteiger partial charge in [-0.2, -0.15) is 0 Å². The van der Waals surface area contributed by atoms with Crippen LogP contribution < -0.4 is 5.32 Å². The second-order valence-electron chi connectivity index (χ2n) is 8.65. The molecular weight excluding hydrogens is 346 g/mol. The monoisotopic (exact) mass is 395 g/mol. The van der Waals surface area contributed by atoms with Gasteiger partial charge in [-0.1, -0.05) is 90.9 Å². The molecule has 4 heteroatoms. The van der Waals surface area contributed by atoms with Gasteiger partial charge in [-0.15, -0.1) is 0 Å². The minimum atomic E-state index is 0.340. The summed E-state index contributed by atoms with van der Waals surface area (Å²) in [5.41, 5.74) is 0. The van der Waals surface area contributed by atoms with Crippen LogP contribution >= 0.6 is 0 Å². The standard InChI is InChI=1S/C24H49N3O/c1-3-5-7-9-11-13-15-19-26(20-16-14-12-10-8-6-4-2)23-24(28)27-21-17-25-18-22-27/h25H,3-23H2,1-2H3. The molecule has 1 fully saturated rings. The second-order valence-corrected chi connectivity index (χ2v) is 8.65. The summed E-state index contributed by atoms with van der Waals surface area (Å²) in [4.78, 5) is 17.2. The summed E-state index contributed by atoms with van der Waals surface area (Å²) in [6, 6.07) is 0. The highest BCUT2D eigenvalue weighted by Crippen LogP contribution is 2.10. The lowest BCUT2D eigenvalue weighted by molar-refractivity contribution is -0.133. The van der Waals surface area contributed by atoms with E-state index in [1.165, 1.54) is 89.9 Å². The van der Waals surface area contributed by atoms with Crippen molar-refractivity contribution >= 4 is 5.91 Å². The summed E-state index contributed by atoms with van der Waals surface area (Å²) in [7, 11) is 0. The van der Waals surface area contributed by atoms with E-state index >= 15 is 0 Å². The van der Waals surface area contributed by atoms with Gasteiger partial charge >= 0.3 is 0 Å². The molecule has 1 rings (SSSR count). The molecule has 166 valence electrons. The van der Waals surface area contributed by atoms with Crippen molar-refractivity contribution in [2.45, 2.75) is 104 Å². The number of unbranched alkanes of at least 4 members (excludes halogenated alkanes) is 12. The first-order valence-corrected chi connectivity index (χ1v) is 12.5. The van der Waals surface area contributed by atoms with Gasteiger partial charge in [-0.05, 0) is 25.9 Å². The van der Waals surface area contributed by atoms with Crippen LogP contribution in [0.15, 0.2) is 0 Å². The van der Waals surface area contributed by atoms with Crippen molar-refractivity contribution < 1.29 is 4.79 Å². The number of carbonyl (C=O) groups is 1. The number of hydrogen-bond donors (Lipinski definition) is 1. The van der Waals surface area contributed by atoms with Gasteiger partial charge in [-0.3, -0.25) is 9.69 Å². The zero-order valence-corrected chi connectivity index (χ0v) is 19.2. The lowest BCUT2D eigenvalue weighted by Crippen LogP contribution is -2.49. The van der Waals surface area contributed by atoms with Crippen molar-refractivity contribution in [1.82, 2.24) is 15.1 Å². The highest BCUT2D eigenvalue weighted by molar-refractivity contribution is 5.78. The molecule has 0 aliphatic carbocycles. The number of carbonyl (C=O) groups excluding carboxylic acids is 1. The SMILES string of the molecule is CCCCCCCCCN(CCCCCCCCC)CC(=O)N1CCNCC1. The molecule has 1 aliphatic rings. The molecule has 0 aromatic carbocycles. The molecule has 0 aromatic rings. The zero-order valence-electron chi connectivity index (χ0n) is 19.2.